The number of rotatable bonds is 13. The van der Waals surface area contributed by atoms with Crippen LogP contribution in [0.15, 0.2) is 24.3 Å². The van der Waals surface area contributed by atoms with Crippen LogP contribution >= 0.6 is 0 Å². The molecule has 170 valence electrons. The smallest absolute Gasteiger partial charge is 0.305 e. The Hall–Kier alpha value is -1.63. The molecule has 0 aliphatic heterocycles. The fourth-order valence-electron chi connectivity index (χ4n) is 4.56. The van der Waals surface area contributed by atoms with Gasteiger partial charge in [0.25, 0.3) is 0 Å². The molecule has 0 heterocycles. The van der Waals surface area contributed by atoms with Gasteiger partial charge in [-0.05, 0) is 68.6 Å². The zero-order valence-electron chi connectivity index (χ0n) is 18.4. The number of nitrogens with one attached hydrogen (secondary N) is 1. The summed E-state index contributed by atoms with van der Waals surface area (Å²) in [6, 6.07) is 8.05. The van der Waals surface area contributed by atoms with Crippen LogP contribution in [-0.4, -0.2) is 53.3 Å². The molecule has 0 aromatic heterocycles. The van der Waals surface area contributed by atoms with Gasteiger partial charge in [0.05, 0.1) is 25.4 Å². The second-order valence-electron chi connectivity index (χ2n) is 8.71. The molecule has 1 aliphatic carbocycles. The summed E-state index contributed by atoms with van der Waals surface area (Å²) in [5.41, 5.74) is 2.17. The summed E-state index contributed by atoms with van der Waals surface area (Å²) >= 11 is 0. The monoisotopic (exact) mass is 421 g/mol. The Kier molecular flexibility index (Phi) is 10.6. The first-order valence-corrected chi connectivity index (χ1v) is 11.3. The molecule has 3 unspecified atom stereocenters. The molecule has 1 aromatic rings. The molecule has 1 aromatic carbocycles. The highest BCUT2D eigenvalue weighted by molar-refractivity contribution is 5.68. The van der Waals surface area contributed by atoms with Crippen LogP contribution < -0.4 is 5.32 Å². The first kappa shape index (κ1) is 24.6. The van der Waals surface area contributed by atoms with Gasteiger partial charge in [-0.3, -0.25) is 4.79 Å². The molecular formula is C24H39NO5. The number of aryl methyl sites for hydroxylation is 1. The maximum atomic E-state index is 11.1. The summed E-state index contributed by atoms with van der Waals surface area (Å²) in [6.07, 6.45) is 5.38. The second-order valence-corrected chi connectivity index (χ2v) is 8.71. The lowest BCUT2D eigenvalue weighted by molar-refractivity contribution is -0.140. The van der Waals surface area contributed by atoms with Gasteiger partial charge in [-0.1, -0.05) is 31.4 Å². The third-order valence-corrected chi connectivity index (χ3v) is 6.31. The summed E-state index contributed by atoms with van der Waals surface area (Å²) in [5.74, 6) is -0.0546. The Labute approximate surface area is 180 Å². The molecule has 5 atom stereocenters. The predicted molar refractivity (Wildman–Crippen MR) is 118 cm³/mol. The molecule has 0 bridgehead atoms. The Morgan fingerprint density at radius 3 is 2.53 bits per heavy atom. The largest absolute Gasteiger partial charge is 0.469 e. The van der Waals surface area contributed by atoms with Crippen molar-refractivity contribution in [1.82, 2.24) is 0 Å². The zero-order chi connectivity index (χ0) is 21.9. The van der Waals surface area contributed by atoms with Crippen LogP contribution in [0, 0.1) is 18.8 Å². The van der Waals surface area contributed by atoms with E-state index in [4.69, 9.17) is 0 Å². The number of hydrogen-bond acceptors (Lipinski definition) is 6. The third-order valence-electron chi connectivity index (χ3n) is 6.31. The molecule has 1 fully saturated rings. The van der Waals surface area contributed by atoms with Gasteiger partial charge in [0.2, 0.25) is 0 Å². The standard InChI is InChI=1S/C24H39NO5/c1-17-8-7-9-18(14-17)25-16-19(26)12-13-21-20(22(27)15-23(21)28)10-5-3-4-6-11-24(29)30-2/h7-9,14,19-23,25-28H,3-6,10-13,15-16H2,1-2H3/t19?,20?,21?,22-,23+/m0/s1. The lowest BCUT2D eigenvalue weighted by atomic mass is 9.85. The number of ether oxygens (including phenoxy) is 1. The van der Waals surface area contributed by atoms with Crippen molar-refractivity contribution in [3.8, 4) is 0 Å². The van der Waals surface area contributed by atoms with Gasteiger partial charge in [0.15, 0.2) is 0 Å². The highest BCUT2D eigenvalue weighted by atomic mass is 16.5. The molecule has 6 nitrogen and oxygen atoms in total. The average molecular weight is 422 g/mol. The molecule has 1 aliphatic rings. The normalized spacial score (nSPS) is 24.6. The minimum absolute atomic E-state index is 0.0312. The van der Waals surface area contributed by atoms with E-state index in [-0.39, 0.29) is 17.8 Å². The van der Waals surface area contributed by atoms with Crippen LogP contribution in [0.2, 0.25) is 0 Å². The molecule has 0 saturated heterocycles. The van der Waals surface area contributed by atoms with Gasteiger partial charge in [0.1, 0.15) is 0 Å². The van der Waals surface area contributed by atoms with Crippen molar-refractivity contribution >= 4 is 11.7 Å². The number of anilines is 1. The van der Waals surface area contributed by atoms with Crippen LogP contribution in [-0.2, 0) is 9.53 Å². The highest BCUT2D eigenvalue weighted by Crippen LogP contribution is 2.39. The molecule has 1 saturated carbocycles. The van der Waals surface area contributed by atoms with E-state index in [9.17, 15) is 20.1 Å². The van der Waals surface area contributed by atoms with E-state index in [1.54, 1.807) is 0 Å². The number of carbonyl (C=O) groups excluding carboxylic acids is 1. The molecule has 4 N–H and O–H groups in total. The van der Waals surface area contributed by atoms with Crippen LogP contribution in [0.1, 0.15) is 63.4 Å². The molecule has 0 spiro atoms. The van der Waals surface area contributed by atoms with Crippen LogP contribution in [0.25, 0.3) is 0 Å². The van der Waals surface area contributed by atoms with E-state index in [0.717, 1.165) is 37.8 Å². The van der Waals surface area contributed by atoms with E-state index < -0.39 is 18.3 Å². The maximum Gasteiger partial charge on any atom is 0.305 e. The summed E-state index contributed by atoms with van der Waals surface area (Å²) in [4.78, 5) is 11.1. The SMILES string of the molecule is COC(=O)CCCCCCC1C(CCC(O)CNc2cccc(C)c2)[C@H](O)C[C@@H]1O. The van der Waals surface area contributed by atoms with Gasteiger partial charge in [-0.25, -0.2) is 0 Å². The average Bonchev–Trinajstić information content (AvgIpc) is 2.99. The Bertz CT molecular complexity index is 638. The van der Waals surface area contributed by atoms with Crippen molar-refractivity contribution in [2.45, 2.75) is 83.0 Å². The van der Waals surface area contributed by atoms with E-state index in [2.05, 4.69) is 10.1 Å². The molecule has 0 amide bonds. The van der Waals surface area contributed by atoms with Crippen molar-refractivity contribution in [2.75, 3.05) is 19.0 Å². The quantitative estimate of drug-likeness (QED) is 0.288. The minimum atomic E-state index is -0.499. The molecule has 6 heteroatoms. The fourth-order valence-corrected chi connectivity index (χ4v) is 4.56. The number of hydrogen-bond donors (Lipinski definition) is 4. The first-order valence-electron chi connectivity index (χ1n) is 11.3. The number of aliphatic hydroxyl groups excluding tert-OH is 3. The first-order chi connectivity index (χ1) is 14.4. The van der Waals surface area contributed by atoms with Gasteiger partial charge in [0, 0.05) is 18.7 Å². The number of carbonyl (C=O) groups is 1. The van der Waals surface area contributed by atoms with Crippen molar-refractivity contribution in [3.63, 3.8) is 0 Å². The van der Waals surface area contributed by atoms with E-state index >= 15 is 0 Å². The minimum Gasteiger partial charge on any atom is -0.469 e. The number of unbranched alkanes of at least 4 members (excludes halogenated alkanes) is 3. The number of aliphatic hydroxyl groups is 3. The Balaban J connectivity index is 1.69. The van der Waals surface area contributed by atoms with E-state index in [0.29, 0.717) is 32.2 Å². The van der Waals surface area contributed by atoms with Crippen molar-refractivity contribution in [3.05, 3.63) is 29.8 Å². The summed E-state index contributed by atoms with van der Waals surface area (Å²) in [5, 5.41) is 34.4. The molecule has 0 radical (unpaired) electrons. The van der Waals surface area contributed by atoms with Crippen LogP contribution in [0.3, 0.4) is 0 Å². The molecule has 2 rings (SSSR count). The number of methoxy groups -OCH3 is 1. The van der Waals surface area contributed by atoms with E-state index in [1.165, 1.54) is 12.7 Å². The fraction of sp³-hybridized carbons (Fsp3) is 0.708. The van der Waals surface area contributed by atoms with Gasteiger partial charge in [-0.2, -0.15) is 0 Å². The lowest BCUT2D eigenvalue weighted by Crippen LogP contribution is -2.26. The maximum absolute atomic E-state index is 11.1. The molecule has 30 heavy (non-hydrogen) atoms. The topological polar surface area (TPSA) is 99.0 Å². The third kappa shape index (κ3) is 8.25. The van der Waals surface area contributed by atoms with Gasteiger partial charge >= 0.3 is 5.97 Å². The van der Waals surface area contributed by atoms with Crippen molar-refractivity contribution < 1.29 is 24.9 Å². The number of esters is 1. The lowest BCUT2D eigenvalue weighted by Gasteiger charge is -2.25. The van der Waals surface area contributed by atoms with Crippen molar-refractivity contribution in [1.29, 1.82) is 0 Å². The highest BCUT2D eigenvalue weighted by Gasteiger charge is 2.40. The number of benzene rings is 1. The Morgan fingerprint density at radius 1 is 1.13 bits per heavy atom. The van der Waals surface area contributed by atoms with E-state index in [1.807, 2.05) is 31.2 Å². The summed E-state index contributed by atoms with van der Waals surface area (Å²) in [6.45, 7) is 2.51. The summed E-state index contributed by atoms with van der Waals surface area (Å²) < 4.78 is 4.65. The predicted octanol–water partition coefficient (Wildman–Crippen LogP) is 3.42. The van der Waals surface area contributed by atoms with Crippen LogP contribution in [0.4, 0.5) is 5.69 Å². The second kappa shape index (κ2) is 12.9. The van der Waals surface area contributed by atoms with Gasteiger partial charge in [-0.15, -0.1) is 0 Å². The van der Waals surface area contributed by atoms with Crippen molar-refractivity contribution in [2.24, 2.45) is 11.8 Å². The Morgan fingerprint density at radius 2 is 1.83 bits per heavy atom. The van der Waals surface area contributed by atoms with Crippen LogP contribution in [0.5, 0.6) is 0 Å². The summed E-state index contributed by atoms with van der Waals surface area (Å²) in [7, 11) is 1.41. The molecular weight excluding hydrogens is 382 g/mol. The van der Waals surface area contributed by atoms with Gasteiger partial charge < -0.3 is 25.4 Å². The zero-order valence-corrected chi connectivity index (χ0v) is 18.4.